The van der Waals surface area contributed by atoms with Gasteiger partial charge in [0, 0.05) is 18.0 Å². The zero-order chi connectivity index (χ0) is 24.6. The molecule has 0 aliphatic heterocycles. The standard InChI is InChI=1S/C28H30N4O3/c1-20(34)28-31-14-15-32(28)25(19-33)9-4-21-2-5-23(6-3-21)24-7-10-26(11-8-24)35-27-16-22(17-27)18-30-13-12-29/h2-3,5-8,10-11,14-15,20,22,25,27,30,33-34H,13,16-19H2,1H3/t20-,22?,25-,27?/m0/s1. The number of nitrogens with one attached hydrogen (secondary N) is 1. The summed E-state index contributed by atoms with van der Waals surface area (Å²) >= 11 is 0. The quantitative estimate of drug-likeness (QED) is 0.251. The van der Waals surface area contributed by atoms with Crippen molar-refractivity contribution in [2.45, 2.75) is 38.0 Å². The first-order valence-corrected chi connectivity index (χ1v) is 11.9. The van der Waals surface area contributed by atoms with E-state index in [9.17, 15) is 10.2 Å². The van der Waals surface area contributed by atoms with Crippen LogP contribution in [0.15, 0.2) is 60.9 Å². The molecule has 1 heterocycles. The van der Waals surface area contributed by atoms with Crippen LogP contribution >= 0.6 is 0 Å². The van der Waals surface area contributed by atoms with E-state index >= 15 is 0 Å². The number of aliphatic hydroxyl groups is 2. The van der Waals surface area contributed by atoms with Crippen molar-refractivity contribution in [3.63, 3.8) is 0 Å². The van der Waals surface area contributed by atoms with Gasteiger partial charge in [-0.25, -0.2) is 4.98 Å². The largest absolute Gasteiger partial charge is 0.490 e. The normalized spacial score (nSPS) is 18.5. The highest BCUT2D eigenvalue weighted by Gasteiger charge is 2.30. The summed E-state index contributed by atoms with van der Waals surface area (Å²) in [7, 11) is 0. The van der Waals surface area contributed by atoms with Gasteiger partial charge in [0.15, 0.2) is 0 Å². The molecule has 1 saturated carbocycles. The molecule has 0 bridgehead atoms. The zero-order valence-electron chi connectivity index (χ0n) is 19.8. The Morgan fingerprint density at radius 1 is 1.14 bits per heavy atom. The van der Waals surface area contributed by atoms with E-state index in [0.717, 1.165) is 41.8 Å². The van der Waals surface area contributed by atoms with E-state index < -0.39 is 12.1 Å². The first-order valence-electron chi connectivity index (χ1n) is 11.9. The van der Waals surface area contributed by atoms with Crippen molar-refractivity contribution in [1.29, 1.82) is 5.26 Å². The van der Waals surface area contributed by atoms with Crippen LogP contribution in [0.4, 0.5) is 0 Å². The molecule has 3 aromatic rings. The van der Waals surface area contributed by atoms with Gasteiger partial charge in [-0.2, -0.15) is 5.26 Å². The zero-order valence-corrected chi connectivity index (χ0v) is 19.8. The van der Waals surface area contributed by atoms with Crippen molar-refractivity contribution in [1.82, 2.24) is 14.9 Å². The van der Waals surface area contributed by atoms with Gasteiger partial charge in [-0.3, -0.25) is 0 Å². The number of ether oxygens (including phenoxy) is 1. The molecule has 180 valence electrons. The molecule has 7 nitrogen and oxygen atoms in total. The fourth-order valence-electron chi connectivity index (χ4n) is 4.22. The molecule has 1 aromatic heterocycles. The van der Waals surface area contributed by atoms with Crippen LogP contribution in [0.25, 0.3) is 11.1 Å². The highest BCUT2D eigenvalue weighted by molar-refractivity contribution is 5.65. The summed E-state index contributed by atoms with van der Waals surface area (Å²) in [5.41, 5.74) is 3.02. The molecule has 7 heteroatoms. The van der Waals surface area contributed by atoms with Crippen LogP contribution in [0.3, 0.4) is 0 Å². The van der Waals surface area contributed by atoms with Crippen molar-refractivity contribution >= 4 is 0 Å². The highest BCUT2D eigenvalue weighted by Crippen LogP contribution is 2.32. The van der Waals surface area contributed by atoms with Gasteiger partial charge in [0.1, 0.15) is 23.7 Å². The van der Waals surface area contributed by atoms with E-state index in [1.54, 1.807) is 23.9 Å². The summed E-state index contributed by atoms with van der Waals surface area (Å²) < 4.78 is 7.76. The molecule has 35 heavy (non-hydrogen) atoms. The molecule has 1 fully saturated rings. The number of nitriles is 1. The Labute approximate surface area is 206 Å². The Hall–Kier alpha value is -3.62. The lowest BCUT2D eigenvalue weighted by Crippen LogP contribution is -2.39. The van der Waals surface area contributed by atoms with Crippen molar-refractivity contribution in [3.05, 3.63) is 72.3 Å². The number of rotatable bonds is 9. The molecular formula is C28H30N4O3. The summed E-state index contributed by atoms with van der Waals surface area (Å²) in [6.07, 6.45) is 4.85. The molecule has 0 amide bonds. The second-order valence-corrected chi connectivity index (χ2v) is 8.80. The SMILES string of the molecule is C[C@H](O)c1nccn1[C@@H](C#Cc1ccc(-c2ccc(OC3CC(CNCC#N)C3)cc2)cc1)CO. The lowest BCUT2D eigenvalue weighted by molar-refractivity contribution is 0.0653. The highest BCUT2D eigenvalue weighted by atomic mass is 16.5. The lowest BCUT2D eigenvalue weighted by atomic mass is 9.82. The summed E-state index contributed by atoms with van der Waals surface area (Å²) in [6.45, 7) is 2.74. The van der Waals surface area contributed by atoms with E-state index in [1.807, 2.05) is 36.4 Å². The Morgan fingerprint density at radius 3 is 2.46 bits per heavy atom. The molecule has 2 atom stereocenters. The number of nitrogens with zero attached hydrogens (tertiary/aromatic N) is 3. The van der Waals surface area contributed by atoms with Gasteiger partial charge in [0.05, 0.1) is 25.3 Å². The van der Waals surface area contributed by atoms with Crippen molar-refractivity contribution in [2.75, 3.05) is 19.7 Å². The van der Waals surface area contributed by atoms with Gasteiger partial charge in [0.25, 0.3) is 0 Å². The van der Waals surface area contributed by atoms with Crippen molar-refractivity contribution in [3.8, 4) is 34.8 Å². The maximum Gasteiger partial charge on any atom is 0.138 e. The van der Waals surface area contributed by atoms with Crippen LogP contribution in [-0.4, -0.2) is 45.6 Å². The minimum absolute atomic E-state index is 0.171. The fraction of sp³-hybridized carbons (Fsp3) is 0.357. The maximum atomic E-state index is 9.85. The molecule has 4 rings (SSSR count). The van der Waals surface area contributed by atoms with Gasteiger partial charge in [-0.15, -0.1) is 0 Å². The maximum absolute atomic E-state index is 9.85. The minimum atomic E-state index is -0.736. The number of hydrogen-bond donors (Lipinski definition) is 3. The average Bonchev–Trinajstić information content (AvgIpc) is 3.34. The second-order valence-electron chi connectivity index (χ2n) is 8.80. The van der Waals surface area contributed by atoms with Crippen LogP contribution < -0.4 is 10.1 Å². The molecular weight excluding hydrogens is 440 g/mol. The van der Waals surface area contributed by atoms with Crippen LogP contribution in [0, 0.1) is 29.1 Å². The molecule has 0 spiro atoms. The molecule has 1 aliphatic carbocycles. The van der Waals surface area contributed by atoms with Crippen LogP contribution in [0.2, 0.25) is 0 Å². The molecule has 0 unspecified atom stereocenters. The third kappa shape index (κ3) is 6.29. The molecule has 2 aromatic carbocycles. The van der Waals surface area contributed by atoms with Crippen LogP contribution in [-0.2, 0) is 0 Å². The number of imidazole rings is 1. The lowest BCUT2D eigenvalue weighted by Gasteiger charge is -2.35. The third-order valence-electron chi connectivity index (χ3n) is 6.17. The average molecular weight is 471 g/mol. The topological polar surface area (TPSA) is 103 Å². The molecule has 3 N–H and O–H groups in total. The Bertz CT molecular complexity index is 1190. The van der Waals surface area contributed by atoms with Crippen LogP contribution in [0.1, 0.15) is 43.3 Å². The van der Waals surface area contributed by atoms with Crippen molar-refractivity contribution < 1.29 is 14.9 Å². The first-order chi connectivity index (χ1) is 17.1. The molecule has 0 radical (unpaired) electrons. The predicted octanol–water partition coefficient (Wildman–Crippen LogP) is 3.46. The van der Waals surface area contributed by atoms with Gasteiger partial charge in [-0.05, 0) is 67.6 Å². The number of aromatic nitrogens is 2. The van der Waals surface area contributed by atoms with Crippen LogP contribution in [0.5, 0.6) is 5.75 Å². The van der Waals surface area contributed by atoms with E-state index in [1.165, 1.54) is 0 Å². The van der Waals surface area contributed by atoms with Gasteiger partial charge in [-0.1, -0.05) is 36.1 Å². The van der Waals surface area contributed by atoms with Crippen molar-refractivity contribution in [2.24, 2.45) is 5.92 Å². The minimum Gasteiger partial charge on any atom is -0.490 e. The second kappa shape index (κ2) is 11.7. The van der Waals surface area contributed by atoms with E-state index in [4.69, 9.17) is 10.00 Å². The smallest absolute Gasteiger partial charge is 0.138 e. The Balaban J connectivity index is 1.33. The molecule has 0 saturated heterocycles. The number of aliphatic hydroxyl groups excluding tert-OH is 2. The number of benzene rings is 2. The molecule has 1 aliphatic rings. The summed E-state index contributed by atoms with van der Waals surface area (Å²) in [5, 5.41) is 31.3. The summed E-state index contributed by atoms with van der Waals surface area (Å²) in [5.74, 6) is 8.12. The number of hydrogen-bond acceptors (Lipinski definition) is 6. The summed E-state index contributed by atoms with van der Waals surface area (Å²) in [4.78, 5) is 4.14. The fourth-order valence-corrected chi connectivity index (χ4v) is 4.22. The van der Waals surface area contributed by atoms with E-state index in [2.05, 4.69) is 40.3 Å². The third-order valence-corrected chi connectivity index (χ3v) is 6.17. The van der Waals surface area contributed by atoms with E-state index in [-0.39, 0.29) is 12.7 Å². The monoisotopic (exact) mass is 470 g/mol. The summed E-state index contributed by atoms with van der Waals surface area (Å²) in [6, 6.07) is 17.7. The van der Waals surface area contributed by atoms with E-state index in [0.29, 0.717) is 18.3 Å². The van der Waals surface area contributed by atoms with Gasteiger partial charge < -0.3 is 24.8 Å². The Kier molecular flexibility index (Phi) is 8.18. The Morgan fingerprint density at radius 2 is 1.83 bits per heavy atom. The van der Waals surface area contributed by atoms with Gasteiger partial charge in [0.2, 0.25) is 0 Å². The predicted molar refractivity (Wildman–Crippen MR) is 133 cm³/mol. The first kappa shape index (κ1) is 24.5. The van der Waals surface area contributed by atoms with Gasteiger partial charge >= 0.3 is 0 Å².